The number of benzene rings is 2. The molecule has 0 radical (unpaired) electrons. The van der Waals surface area contributed by atoms with Gasteiger partial charge >= 0.3 is 0 Å². The summed E-state index contributed by atoms with van der Waals surface area (Å²) in [6.45, 7) is 7.78. The van der Waals surface area contributed by atoms with Crippen LogP contribution in [0.3, 0.4) is 0 Å². The zero-order valence-corrected chi connectivity index (χ0v) is 17.3. The van der Waals surface area contributed by atoms with E-state index in [-0.39, 0.29) is 35.9 Å². The van der Waals surface area contributed by atoms with E-state index in [1.54, 1.807) is 18.2 Å². The van der Waals surface area contributed by atoms with Crippen molar-refractivity contribution in [2.75, 3.05) is 10.6 Å². The normalized spacial score (nSPS) is 17.7. The fourth-order valence-corrected chi connectivity index (χ4v) is 3.05. The molecule has 1 aliphatic rings. The van der Waals surface area contributed by atoms with Crippen molar-refractivity contribution in [3.05, 3.63) is 48.5 Å². The van der Waals surface area contributed by atoms with Crippen LogP contribution in [-0.2, 0) is 9.59 Å². The van der Waals surface area contributed by atoms with Crippen molar-refractivity contribution in [1.82, 2.24) is 0 Å². The van der Waals surface area contributed by atoms with Crippen molar-refractivity contribution < 1.29 is 19.1 Å². The standard InChI is InChI=1S/C23H28N2O4/c1-14(2)28-17-11-9-16(10-12-17)24-22(26)18-13-19(18)23(27)25-20-7-5-6-8-21(20)29-15(3)4/h5-12,14-15,18-19H,13H2,1-4H3,(H,24,26)(H,25,27). The second-order valence-electron chi connectivity index (χ2n) is 7.78. The average molecular weight is 396 g/mol. The Hall–Kier alpha value is -3.02. The molecule has 1 aliphatic carbocycles. The van der Waals surface area contributed by atoms with Gasteiger partial charge in [0.25, 0.3) is 0 Å². The first-order valence-corrected chi connectivity index (χ1v) is 9.97. The van der Waals surface area contributed by atoms with Gasteiger partial charge in [0.05, 0.1) is 29.7 Å². The molecule has 2 aromatic carbocycles. The van der Waals surface area contributed by atoms with Gasteiger partial charge in [0.2, 0.25) is 11.8 Å². The first-order valence-electron chi connectivity index (χ1n) is 9.97. The number of ether oxygens (including phenoxy) is 2. The van der Waals surface area contributed by atoms with E-state index in [4.69, 9.17) is 9.47 Å². The molecule has 0 heterocycles. The molecule has 2 amide bonds. The Kier molecular flexibility index (Phi) is 6.42. The van der Waals surface area contributed by atoms with Crippen molar-refractivity contribution in [3.63, 3.8) is 0 Å². The highest BCUT2D eigenvalue weighted by atomic mass is 16.5. The molecule has 2 atom stereocenters. The molecule has 2 N–H and O–H groups in total. The van der Waals surface area contributed by atoms with E-state index in [9.17, 15) is 9.59 Å². The third-order valence-electron chi connectivity index (χ3n) is 4.47. The highest BCUT2D eigenvalue weighted by molar-refractivity contribution is 6.03. The van der Waals surface area contributed by atoms with E-state index in [0.29, 0.717) is 23.5 Å². The smallest absolute Gasteiger partial charge is 0.228 e. The highest BCUT2D eigenvalue weighted by Gasteiger charge is 2.48. The van der Waals surface area contributed by atoms with Gasteiger partial charge in [-0.15, -0.1) is 0 Å². The molecular weight excluding hydrogens is 368 g/mol. The van der Waals surface area contributed by atoms with Crippen LogP contribution >= 0.6 is 0 Å². The van der Waals surface area contributed by atoms with Gasteiger partial charge in [0, 0.05) is 5.69 Å². The number of anilines is 2. The summed E-state index contributed by atoms with van der Waals surface area (Å²) >= 11 is 0. The molecule has 0 spiro atoms. The van der Waals surface area contributed by atoms with E-state index < -0.39 is 0 Å². The van der Waals surface area contributed by atoms with Crippen LogP contribution in [0.5, 0.6) is 11.5 Å². The minimum atomic E-state index is -0.328. The number of hydrogen-bond donors (Lipinski definition) is 2. The minimum Gasteiger partial charge on any atom is -0.491 e. The summed E-state index contributed by atoms with van der Waals surface area (Å²) in [6, 6.07) is 14.5. The third-order valence-corrected chi connectivity index (χ3v) is 4.47. The predicted octanol–water partition coefficient (Wildman–Crippen LogP) is 4.47. The maximum atomic E-state index is 12.6. The second-order valence-corrected chi connectivity index (χ2v) is 7.78. The van der Waals surface area contributed by atoms with Gasteiger partial charge in [-0.05, 0) is 70.5 Å². The molecule has 0 saturated heterocycles. The number of amides is 2. The minimum absolute atomic E-state index is 0.00447. The maximum Gasteiger partial charge on any atom is 0.228 e. The monoisotopic (exact) mass is 396 g/mol. The lowest BCUT2D eigenvalue weighted by Gasteiger charge is -2.14. The Balaban J connectivity index is 1.54. The number of carbonyl (C=O) groups excluding carboxylic acids is 2. The van der Waals surface area contributed by atoms with E-state index in [2.05, 4.69) is 10.6 Å². The quantitative estimate of drug-likeness (QED) is 0.690. The van der Waals surface area contributed by atoms with Crippen molar-refractivity contribution in [1.29, 1.82) is 0 Å². The van der Waals surface area contributed by atoms with E-state index >= 15 is 0 Å². The highest BCUT2D eigenvalue weighted by Crippen LogP contribution is 2.41. The zero-order chi connectivity index (χ0) is 21.0. The van der Waals surface area contributed by atoms with Gasteiger partial charge in [0.15, 0.2) is 0 Å². The van der Waals surface area contributed by atoms with Gasteiger partial charge in [-0.3, -0.25) is 9.59 Å². The Morgan fingerprint density at radius 1 is 0.828 bits per heavy atom. The summed E-state index contributed by atoms with van der Waals surface area (Å²) in [6.07, 6.45) is 0.640. The predicted molar refractivity (Wildman–Crippen MR) is 113 cm³/mol. The lowest BCUT2D eigenvalue weighted by atomic mass is 10.2. The van der Waals surface area contributed by atoms with Crippen LogP contribution in [-0.4, -0.2) is 24.0 Å². The molecule has 2 aromatic rings. The lowest BCUT2D eigenvalue weighted by molar-refractivity contribution is -0.122. The maximum absolute atomic E-state index is 12.6. The van der Waals surface area contributed by atoms with Gasteiger partial charge in [-0.2, -0.15) is 0 Å². The molecule has 3 rings (SSSR count). The summed E-state index contributed by atoms with van der Waals surface area (Å²) in [5.74, 6) is 0.426. The first kappa shape index (κ1) is 20.7. The largest absolute Gasteiger partial charge is 0.491 e. The van der Waals surface area contributed by atoms with Crippen molar-refractivity contribution >= 4 is 23.2 Å². The fraction of sp³-hybridized carbons (Fsp3) is 0.391. The van der Waals surface area contributed by atoms with Crippen LogP contribution in [0.15, 0.2) is 48.5 Å². The first-order chi connectivity index (χ1) is 13.8. The van der Waals surface area contributed by atoms with Gasteiger partial charge in [0.1, 0.15) is 11.5 Å². The molecule has 2 unspecified atom stereocenters. The van der Waals surface area contributed by atoms with Crippen LogP contribution in [0, 0.1) is 11.8 Å². The number of rotatable bonds is 8. The van der Waals surface area contributed by atoms with Crippen LogP contribution in [0.1, 0.15) is 34.1 Å². The lowest BCUT2D eigenvalue weighted by Crippen LogP contribution is -2.21. The van der Waals surface area contributed by atoms with Crippen molar-refractivity contribution in [2.45, 2.75) is 46.3 Å². The van der Waals surface area contributed by atoms with E-state index in [0.717, 1.165) is 5.75 Å². The summed E-state index contributed by atoms with van der Waals surface area (Å²) in [7, 11) is 0. The number of nitrogens with one attached hydrogen (secondary N) is 2. The Bertz CT molecular complexity index is 861. The van der Waals surface area contributed by atoms with Crippen LogP contribution in [0.4, 0.5) is 11.4 Å². The third kappa shape index (κ3) is 5.73. The molecule has 0 aliphatic heterocycles. The van der Waals surface area contributed by atoms with E-state index in [1.165, 1.54) is 0 Å². The zero-order valence-electron chi connectivity index (χ0n) is 17.3. The Morgan fingerprint density at radius 3 is 2.03 bits per heavy atom. The van der Waals surface area contributed by atoms with Gasteiger partial charge < -0.3 is 20.1 Å². The number of para-hydroxylation sites is 2. The fourth-order valence-electron chi connectivity index (χ4n) is 3.05. The summed E-state index contributed by atoms with van der Waals surface area (Å²) < 4.78 is 11.3. The molecule has 6 heteroatoms. The summed E-state index contributed by atoms with van der Waals surface area (Å²) in [5.41, 5.74) is 1.31. The van der Waals surface area contributed by atoms with Gasteiger partial charge in [-0.1, -0.05) is 12.1 Å². The van der Waals surface area contributed by atoms with Crippen LogP contribution in [0.25, 0.3) is 0 Å². The number of carbonyl (C=O) groups is 2. The van der Waals surface area contributed by atoms with Crippen LogP contribution < -0.4 is 20.1 Å². The molecule has 0 bridgehead atoms. The SMILES string of the molecule is CC(C)Oc1ccc(NC(=O)C2CC2C(=O)Nc2ccccc2OC(C)C)cc1. The molecule has 29 heavy (non-hydrogen) atoms. The second kappa shape index (κ2) is 8.99. The van der Waals surface area contributed by atoms with Gasteiger partial charge in [-0.25, -0.2) is 0 Å². The number of hydrogen-bond acceptors (Lipinski definition) is 4. The summed E-state index contributed by atoms with van der Waals surface area (Å²) in [4.78, 5) is 25.0. The molecular formula is C23H28N2O4. The van der Waals surface area contributed by atoms with Crippen molar-refractivity contribution in [2.24, 2.45) is 11.8 Å². The molecule has 6 nitrogen and oxygen atoms in total. The van der Waals surface area contributed by atoms with Crippen LogP contribution in [0.2, 0.25) is 0 Å². The Morgan fingerprint density at radius 2 is 1.41 bits per heavy atom. The molecule has 1 fully saturated rings. The average Bonchev–Trinajstić information content (AvgIpc) is 3.45. The van der Waals surface area contributed by atoms with Crippen molar-refractivity contribution in [3.8, 4) is 11.5 Å². The Labute approximate surface area is 171 Å². The topological polar surface area (TPSA) is 76.7 Å². The summed E-state index contributed by atoms with van der Waals surface area (Å²) in [5, 5.41) is 5.76. The van der Waals surface area contributed by atoms with E-state index in [1.807, 2.05) is 58.0 Å². The molecule has 0 aromatic heterocycles. The molecule has 1 saturated carbocycles. The molecule has 154 valence electrons.